The topological polar surface area (TPSA) is 61.9 Å². The summed E-state index contributed by atoms with van der Waals surface area (Å²) in [5, 5.41) is 0. The van der Waals surface area contributed by atoms with Crippen LogP contribution in [0.2, 0.25) is 0 Å². The Bertz CT molecular complexity index is 1070. The van der Waals surface area contributed by atoms with Crippen LogP contribution in [-0.4, -0.2) is 31.7 Å². The van der Waals surface area contributed by atoms with Crippen molar-refractivity contribution >= 4 is 5.97 Å². The van der Waals surface area contributed by atoms with Crippen molar-refractivity contribution in [1.29, 1.82) is 0 Å². The van der Waals surface area contributed by atoms with Crippen molar-refractivity contribution in [3.05, 3.63) is 96.6 Å². The summed E-state index contributed by atoms with van der Waals surface area (Å²) in [5.74, 6) is -1.47. The molecule has 152 valence electrons. The number of esters is 1. The van der Waals surface area contributed by atoms with Crippen LogP contribution in [0.1, 0.15) is 24.5 Å². The Morgan fingerprint density at radius 2 is 1.30 bits per heavy atom. The standard InChI is InChI=1S/C22H18F2N4O2/c1-2-30-22(29)19(20-25-11-13-27(20)17-7-3-15(23)4-8-17)21-26-12-14-28(21)18-9-5-16(24)6-10-18/h3-14,19H,2H2,1H3. The van der Waals surface area contributed by atoms with Crippen molar-refractivity contribution in [2.24, 2.45) is 0 Å². The number of carbonyl (C=O) groups excluding carboxylic acids is 1. The normalized spacial score (nSPS) is 11.1. The Morgan fingerprint density at radius 3 is 1.70 bits per heavy atom. The molecule has 0 aliphatic carbocycles. The highest BCUT2D eigenvalue weighted by atomic mass is 19.1. The first-order valence-electron chi connectivity index (χ1n) is 9.33. The number of halogens is 2. The van der Waals surface area contributed by atoms with E-state index in [-0.39, 0.29) is 18.2 Å². The van der Waals surface area contributed by atoms with E-state index in [1.807, 2.05) is 0 Å². The van der Waals surface area contributed by atoms with Crippen LogP contribution in [0.25, 0.3) is 11.4 Å². The quantitative estimate of drug-likeness (QED) is 0.452. The van der Waals surface area contributed by atoms with E-state index in [2.05, 4.69) is 9.97 Å². The number of aromatic nitrogens is 4. The molecule has 2 heterocycles. The molecule has 0 unspecified atom stereocenters. The number of ether oxygens (including phenoxy) is 1. The highest BCUT2D eigenvalue weighted by Gasteiger charge is 2.33. The van der Waals surface area contributed by atoms with Crippen LogP contribution in [-0.2, 0) is 9.53 Å². The Hall–Kier alpha value is -3.81. The van der Waals surface area contributed by atoms with Crippen LogP contribution in [0.15, 0.2) is 73.3 Å². The molecule has 0 radical (unpaired) electrons. The molecule has 0 saturated carbocycles. The van der Waals surface area contributed by atoms with Crippen molar-refractivity contribution in [3.63, 3.8) is 0 Å². The zero-order chi connectivity index (χ0) is 21.1. The van der Waals surface area contributed by atoms with Crippen LogP contribution < -0.4 is 0 Å². The lowest BCUT2D eigenvalue weighted by atomic mass is 10.1. The van der Waals surface area contributed by atoms with Gasteiger partial charge in [0.1, 0.15) is 23.3 Å². The smallest absolute Gasteiger partial charge is 0.324 e. The van der Waals surface area contributed by atoms with Gasteiger partial charge in [-0.15, -0.1) is 0 Å². The van der Waals surface area contributed by atoms with Gasteiger partial charge in [-0.1, -0.05) is 0 Å². The third-order valence-corrected chi connectivity index (χ3v) is 4.59. The van der Waals surface area contributed by atoms with Gasteiger partial charge in [0.25, 0.3) is 0 Å². The van der Waals surface area contributed by atoms with Gasteiger partial charge in [-0.2, -0.15) is 0 Å². The zero-order valence-electron chi connectivity index (χ0n) is 16.1. The van der Waals surface area contributed by atoms with Gasteiger partial charge in [0.2, 0.25) is 0 Å². The van der Waals surface area contributed by atoms with Crippen molar-refractivity contribution in [2.45, 2.75) is 12.8 Å². The van der Waals surface area contributed by atoms with Gasteiger partial charge in [-0.25, -0.2) is 18.7 Å². The van der Waals surface area contributed by atoms with Gasteiger partial charge >= 0.3 is 5.97 Å². The molecule has 8 heteroatoms. The van der Waals surface area contributed by atoms with Gasteiger partial charge in [-0.05, 0) is 55.5 Å². The lowest BCUT2D eigenvalue weighted by Crippen LogP contribution is -2.24. The minimum Gasteiger partial charge on any atom is -0.465 e. The van der Waals surface area contributed by atoms with E-state index < -0.39 is 11.9 Å². The van der Waals surface area contributed by atoms with Crippen LogP contribution >= 0.6 is 0 Å². The molecule has 6 nitrogen and oxygen atoms in total. The monoisotopic (exact) mass is 408 g/mol. The number of rotatable bonds is 6. The third kappa shape index (κ3) is 3.71. The minimum atomic E-state index is -0.954. The van der Waals surface area contributed by atoms with Crippen molar-refractivity contribution in [1.82, 2.24) is 19.1 Å². The first kappa shape index (κ1) is 19.5. The number of hydrogen-bond donors (Lipinski definition) is 0. The number of nitrogens with zero attached hydrogens (tertiary/aromatic N) is 4. The molecule has 0 N–H and O–H groups in total. The van der Waals surface area contributed by atoms with E-state index >= 15 is 0 Å². The molecule has 0 bridgehead atoms. The average Bonchev–Trinajstić information content (AvgIpc) is 3.40. The summed E-state index contributed by atoms with van der Waals surface area (Å²) in [4.78, 5) is 21.7. The lowest BCUT2D eigenvalue weighted by Gasteiger charge is -2.18. The van der Waals surface area contributed by atoms with Gasteiger partial charge in [0.15, 0.2) is 5.92 Å². The van der Waals surface area contributed by atoms with E-state index in [9.17, 15) is 13.6 Å². The molecule has 0 spiro atoms. The Labute approximate surface area is 171 Å². The first-order valence-corrected chi connectivity index (χ1v) is 9.33. The van der Waals surface area contributed by atoms with E-state index in [0.717, 1.165) is 0 Å². The maximum absolute atomic E-state index is 13.4. The fourth-order valence-corrected chi connectivity index (χ4v) is 3.25. The Morgan fingerprint density at radius 1 is 0.867 bits per heavy atom. The molecule has 0 amide bonds. The van der Waals surface area contributed by atoms with Gasteiger partial charge in [0, 0.05) is 36.2 Å². The Kier molecular flexibility index (Phi) is 5.38. The highest BCUT2D eigenvalue weighted by molar-refractivity contribution is 5.80. The molecule has 2 aromatic carbocycles. The zero-order valence-corrected chi connectivity index (χ0v) is 16.1. The van der Waals surface area contributed by atoms with Crippen LogP contribution in [0.5, 0.6) is 0 Å². The third-order valence-electron chi connectivity index (χ3n) is 4.59. The predicted octanol–water partition coefficient (Wildman–Crippen LogP) is 4.03. The molecule has 0 aliphatic rings. The summed E-state index contributed by atoms with van der Waals surface area (Å²) in [5.41, 5.74) is 1.27. The van der Waals surface area contributed by atoms with Crippen LogP contribution in [0.3, 0.4) is 0 Å². The summed E-state index contributed by atoms with van der Waals surface area (Å²) in [6.07, 6.45) is 6.46. The SMILES string of the molecule is CCOC(=O)C(c1nccn1-c1ccc(F)cc1)c1nccn1-c1ccc(F)cc1. The van der Waals surface area contributed by atoms with E-state index in [1.165, 1.54) is 24.3 Å². The molecule has 2 aromatic heterocycles. The van der Waals surface area contributed by atoms with Crippen LogP contribution in [0, 0.1) is 11.6 Å². The molecule has 0 fully saturated rings. The first-order chi connectivity index (χ1) is 14.6. The maximum Gasteiger partial charge on any atom is 0.324 e. The van der Waals surface area contributed by atoms with Gasteiger partial charge in [-0.3, -0.25) is 4.79 Å². The summed E-state index contributed by atoms with van der Waals surface area (Å²) in [7, 11) is 0. The highest BCUT2D eigenvalue weighted by Crippen LogP contribution is 2.28. The van der Waals surface area contributed by atoms with Crippen molar-refractivity contribution in [3.8, 4) is 11.4 Å². The van der Waals surface area contributed by atoms with E-state index in [4.69, 9.17) is 4.74 Å². The molecular formula is C22H18F2N4O2. The second-order valence-electron chi connectivity index (χ2n) is 6.45. The second-order valence-corrected chi connectivity index (χ2v) is 6.45. The number of benzene rings is 2. The largest absolute Gasteiger partial charge is 0.465 e. The van der Waals surface area contributed by atoms with Crippen LogP contribution in [0.4, 0.5) is 8.78 Å². The van der Waals surface area contributed by atoms with E-state index in [1.54, 1.807) is 65.1 Å². The molecule has 0 aliphatic heterocycles. The second kappa shape index (κ2) is 8.28. The fourth-order valence-electron chi connectivity index (χ4n) is 3.25. The van der Waals surface area contributed by atoms with Gasteiger partial charge in [0.05, 0.1) is 6.61 Å². The summed E-state index contributed by atoms with van der Waals surface area (Å²) < 4.78 is 35.4. The molecule has 0 saturated heterocycles. The minimum absolute atomic E-state index is 0.184. The molecule has 0 atom stereocenters. The average molecular weight is 408 g/mol. The molecule has 4 rings (SSSR count). The molecule has 4 aromatic rings. The van der Waals surface area contributed by atoms with Gasteiger partial charge < -0.3 is 13.9 Å². The van der Waals surface area contributed by atoms with Crippen molar-refractivity contribution in [2.75, 3.05) is 6.61 Å². The molecule has 30 heavy (non-hydrogen) atoms. The number of imidazole rings is 2. The fraction of sp³-hybridized carbons (Fsp3) is 0.136. The Balaban J connectivity index is 1.84. The van der Waals surface area contributed by atoms with Crippen molar-refractivity contribution < 1.29 is 18.3 Å². The summed E-state index contributed by atoms with van der Waals surface area (Å²) in [6, 6.07) is 11.7. The number of carbonyl (C=O) groups is 1. The van der Waals surface area contributed by atoms with E-state index in [0.29, 0.717) is 23.0 Å². The lowest BCUT2D eigenvalue weighted by molar-refractivity contribution is -0.144. The molecular weight excluding hydrogens is 390 g/mol. The summed E-state index contributed by atoms with van der Waals surface area (Å²) in [6.45, 7) is 1.90. The maximum atomic E-state index is 13.4. The number of hydrogen-bond acceptors (Lipinski definition) is 4. The summed E-state index contributed by atoms with van der Waals surface area (Å²) >= 11 is 0. The predicted molar refractivity (Wildman–Crippen MR) is 106 cm³/mol.